The Labute approximate surface area is 140 Å². The molecule has 0 atom stereocenters. The van der Waals surface area contributed by atoms with Crippen molar-refractivity contribution in [2.24, 2.45) is 0 Å². The van der Waals surface area contributed by atoms with Gasteiger partial charge in [0.15, 0.2) is 4.67 Å². The Morgan fingerprint density at radius 3 is 2.86 bits per heavy atom. The van der Waals surface area contributed by atoms with E-state index in [-0.39, 0.29) is 0 Å². The zero-order valence-electron chi connectivity index (χ0n) is 11.2. The fourth-order valence-electron chi connectivity index (χ4n) is 1.70. The summed E-state index contributed by atoms with van der Waals surface area (Å²) in [5.74, 6) is 1.62. The van der Waals surface area contributed by atoms with Gasteiger partial charge in [0.1, 0.15) is 11.5 Å². The number of ether oxygens (including phenoxy) is 1. The quantitative estimate of drug-likeness (QED) is 0.641. The lowest BCUT2D eigenvalue weighted by molar-refractivity contribution is 0.313. The summed E-state index contributed by atoms with van der Waals surface area (Å²) in [5.41, 5.74) is 0.955. The van der Waals surface area contributed by atoms with Crippen LogP contribution in [-0.2, 0) is 6.54 Å². The van der Waals surface area contributed by atoms with E-state index in [0.717, 1.165) is 28.1 Å². The van der Waals surface area contributed by atoms with Crippen molar-refractivity contribution in [2.45, 2.75) is 19.4 Å². The number of nitrogens with zero attached hydrogens (tertiary/aromatic N) is 1. The van der Waals surface area contributed by atoms with Crippen LogP contribution < -0.4 is 10.1 Å². The molecule has 2 rings (SSSR count). The van der Waals surface area contributed by atoms with E-state index < -0.39 is 0 Å². The number of hydrogen-bond acceptors (Lipinski definition) is 4. The number of benzene rings is 1. The second-order valence-electron chi connectivity index (χ2n) is 4.33. The second kappa shape index (κ2) is 8.11. The summed E-state index contributed by atoms with van der Waals surface area (Å²) in [4.78, 5) is 0. The number of hydrogen-bond donors (Lipinski definition) is 1. The molecule has 110 valence electrons. The zero-order chi connectivity index (χ0) is 15.1. The van der Waals surface area contributed by atoms with Gasteiger partial charge in [0.2, 0.25) is 0 Å². The van der Waals surface area contributed by atoms with Gasteiger partial charge in [-0.25, -0.2) is 0 Å². The molecule has 4 nitrogen and oxygen atoms in total. The number of furan rings is 1. The Hall–Kier alpha value is -1.45. The van der Waals surface area contributed by atoms with Gasteiger partial charge in [0.05, 0.1) is 23.7 Å². The van der Waals surface area contributed by atoms with Gasteiger partial charge >= 0.3 is 0 Å². The average Bonchev–Trinajstić information content (AvgIpc) is 2.81. The first-order chi connectivity index (χ1) is 10.2. The zero-order valence-corrected chi connectivity index (χ0v) is 14.4. The maximum absolute atomic E-state index is 8.48. The fraction of sp³-hybridized carbons (Fsp3) is 0.267. The summed E-state index contributed by atoms with van der Waals surface area (Å²) >= 11 is 6.69. The van der Waals surface area contributed by atoms with Gasteiger partial charge in [-0.3, -0.25) is 0 Å². The highest BCUT2D eigenvalue weighted by Gasteiger charge is 2.06. The largest absolute Gasteiger partial charge is 0.493 e. The van der Waals surface area contributed by atoms with Crippen LogP contribution in [0, 0.1) is 11.3 Å². The second-order valence-corrected chi connectivity index (χ2v) is 5.90. The van der Waals surface area contributed by atoms with Crippen molar-refractivity contribution < 1.29 is 9.15 Å². The molecule has 0 saturated heterocycles. The molecule has 1 heterocycles. The molecular weight excluding hydrogens is 400 g/mol. The van der Waals surface area contributed by atoms with Gasteiger partial charge in [0, 0.05) is 18.2 Å². The molecule has 1 aromatic carbocycles. The molecule has 0 aliphatic carbocycles. The minimum absolute atomic E-state index is 0.514. The molecule has 0 fully saturated rings. The predicted molar refractivity (Wildman–Crippen MR) is 88.2 cm³/mol. The van der Waals surface area contributed by atoms with Crippen LogP contribution in [0.5, 0.6) is 5.75 Å². The smallest absolute Gasteiger partial charge is 0.183 e. The van der Waals surface area contributed by atoms with Gasteiger partial charge in [-0.15, -0.1) is 0 Å². The lowest BCUT2D eigenvalue weighted by atomic mass is 10.3. The van der Waals surface area contributed by atoms with Crippen molar-refractivity contribution in [3.05, 3.63) is 45.2 Å². The van der Waals surface area contributed by atoms with E-state index in [1.807, 2.05) is 30.3 Å². The third-order valence-corrected chi connectivity index (χ3v) is 4.41. The summed E-state index contributed by atoms with van der Waals surface area (Å²) in [6, 6.07) is 11.7. The molecule has 0 bridgehead atoms. The lowest BCUT2D eigenvalue weighted by Crippen LogP contribution is -2.00. The molecular formula is C15H14Br2N2O2. The standard InChI is InChI=1S/C15H14Br2N2O2/c16-14-9-13(21-15(14)17)10-19-11-4-3-5-12(8-11)20-7-2-1-6-18/h3-5,8-9,19H,1-2,7,10H2. The van der Waals surface area contributed by atoms with Crippen LogP contribution in [0.25, 0.3) is 0 Å². The van der Waals surface area contributed by atoms with Crippen LogP contribution in [0.1, 0.15) is 18.6 Å². The Kier molecular flexibility index (Phi) is 6.15. The van der Waals surface area contributed by atoms with Gasteiger partial charge in [-0.05, 0) is 56.5 Å². The van der Waals surface area contributed by atoms with Gasteiger partial charge in [-0.2, -0.15) is 5.26 Å². The molecule has 0 spiro atoms. The minimum Gasteiger partial charge on any atom is -0.493 e. The third kappa shape index (κ3) is 5.10. The van der Waals surface area contributed by atoms with E-state index in [1.165, 1.54) is 0 Å². The van der Waals surface area contributed by atoms with Crippen molar-refractivity contribution in [1.29, 1.82) is 5.26 Å². The van der Waals surface area contributed by atoms with E-state index in [0.29, 0.717) is 24.2 Å². The number of halogens is 2. The Balaban J connectivity index is 1.87. The van der Waals surface area contributed by atoms with Crippen LogP contribution >= 0.6 is 31.9 Å². The van der Waals surface area contributed by atoms with E-state index in [9.17, 15) is 0 Å². The minimum atomic E-state index is 0.514. The third-order valence-electron chi connectivity index (χ3n) is 2.70. The lowest BCUT2D eigenvalue weighted by Gasteiger charge is -2.08. The van der Waals surface area contributed by atoms with Crippen LogP contribution in [-0.4, -0.2) is 6.61 Å². The number of nitriles is 1. The summed E-state index contributed by atoms with van der Waals surface area (Å²) in [6.07, 6.45) is 1.25. The Bertz CT molecular complexity index is 615. The molecule has 0 amide bonds. The van der Waals surface area contributed by atoms with E-state index in [4.69, 9.17) is 14.4 Å². The number of unbranched alkanes of at least 4 members (excludes halogenated alkanes) is 1. The molecule has 21 heavy (non-hydrogen) atoms. The van der Waals surface area contributed by atoms with Gasteiger partial charge in [-0.1, -0.05) is 6.07 Å². The first-order valence-electron chi connectivity index (χ1n) is 6.46. The highest BCUT2D eigenvalue weighted by molar-refractivity contribution is 9.13. The molecule has 0 aliphatic heterocycles. The van der Waals surface area contributed by atoms with Crippen molar-refractivity contribution in [3.8, 4) is 11.8 Å². The molecule has 2 aromatic rings. The predicted octanol–water partition coefficient (Wildman–Crippen LogP) is 5.10. The maximum Gasteiger partial charge on any atom is 0.183 e. The first-order valence-corrected chi connectivity index (χ1v) is 8.05. The summed E-state index contributed by atoms with van der Waals surface area (Å²) in [6.45, 7) is 1.14. The molecule has 0 radical (unpaired) electrons. The molecule has 0 saturated carbocycles. The van der Waals surface area contributed by atoms with Crippen molar-refractivity contribution in [3.63, 3.8) is 0 Å². The normalized spacial score (nSPS) is 10.1. The number of rotatable bonds is 7. The highest BCUT2D eigenvalue weighted by atomic mass is 79.9. The van der Waals surface area contributed by atoms with E-state index >= 15 is 0 Å². The first kappa shape index (κ1) is 15.9. The fourth-order valence-corrected chi connectivity index (χ4v) is 2.36. The van der Waals surface area contributed by atoms with Crippen molar-refractivity contribution >= 4 is 37.5 Å². The monoisotopic (exact) mass is 412 g/mol. The van der Waals surface area contributed by atoms with E-state index in [1.54, 1.807) is 0 Å². The van der Waals surface area contributed by atoms with Gasteiger partial charge in [0.25, 0.3) is 0 Å². The highest BCUT2D eigenvalue weighted by Crippen LogP contribution is 2.27. The summed E-state index contributed by atoms with van der Waals surface area (Å²) in [7, 11) is 0. The summed E-state index contributed by atoms with van der Waals surface area (Å²) in [5, 5.41) is 11.8. The number of nitrogens with one attached hydrogen (secondary N) is 1. The molecule has 1 aromatic heterocycles. The van der Waals surface area contributed by atoms with Gasteiger partial charge < -0.3 is 14.5 Å². The van der Waals surface area contributed by atoms with Crippen molar-refractivity contribution in [1.82, 2.24) is 0 Å². The molecule has 1 N–H and O–H groups in total. The SMILES string of the molecule is N#CCCCOc1cccc(NCc2cc(Br)c(Br)o2)c1. The summed E-state index contributed by atoms with van der Waals surface area (Å²) < 4.78 is 12.7. The molecule has 0 aliphatic rings. The van der Waals surface area contributed by atoms with Crippen LogP contribution in [0.3, 0.4) is 0 Å². The van der Waals surface area contributed by atoms with Crippen LogP contribution in [0.4, 0.5) is 5.69 Å². The molecule has 0 unspecified atom stereocenters. The topological polar surface area (TPSA) is 58.2 Å². The van der Waals surface area contributed by atoms with Crippen LogP contribution in [0.15, 0.2) is 43.9 Å². The number of anilines is 1. The Morgan fingerprint density at radius 2 is 2.14 bits per heavy atom. The average molecular weight is 414 g/mol. The van der Waals surface area contributed by atoms with Crippen LogP contribution in [0.2, 0.25) is 0 Å². The maximum atomic E-state index is 8.48. The van der Waals surface area contributed by atoms with E-state index in [2.05, 4.69) is 43.2 Å². The Morgan fingerprint density at radius 1 is 1.29 bits per heavy atom. The molecule has 6 heteroatoms. The van der Waals surface area contributed by atoms with Crippen molar-refractivity contribution in [2.75, 3.05) is 11.9 Å².